The molecule has 0 spiro atoms. The van der Waals surface area contributed by atoms with E-state index in [9.17, 15) is 0 Å². The first-order valence-corrected chi connectivity index (χ1v) is 12.4. The number of benzene rings is 2. The number of hydrogen-bond acceptors (Lipinski definition) is 5. The van der Waals surface area contributed by atoms with Gasteiger partial charge in [0.05, 0.1) is 6.33 Å². The van der Waals surface area contributed by atoms with E-state index in [-0.39, 0.29) is 5.92 Å². The molecule has 1 fully saturated rings. The van der Waals surface area contributed by atoms with Crippen LogP contribution in [0.3, 0.4) is 0 Å². The fourth-order valence-corrected chi connectivity index (χ4v) is 4.94. The van der Waals surface area contributed by atoms with Gasteiger partial charge in [-0.05, 0) is 36.9 Å². The van der Waals surface area contributed by atoms with Gasteiger partial charge in [-0.2, -0.15) is 4.89 Å². The number of imidazole rings is 1. The maximum Gasteiger partial charge on any atom is 0.205 e. The molecule has 4 rings (SSSR count). The third kappa shape index (κ3) is 5.41. The van der Waals surface area contributed by atoms with Crippen LogP contribution in [0.15, 0.2) is 79.4 Å². The second-order valence-corrected chi connectivity index (χ2v) is 9.10. The smallest absolute Gasteiger partial charge is 0.205 e. The monoisotopic (exact) mass is 463 g/mol. The van der Waals surface area contributed by atoms with E-state index in [1.807, 2.05) is 30.9 Å². The number of aryl methyl sites for hydroxylation is 1. The minimum absolute atomic E-state index is 0.103. The molecule has 1 N–H and O–H groups in total. The van der Waals surface area contributed by atoms with Crippen molar-refractivity contribution in [3.63, 3.8) is 0 Å². The molecule has 6 nitrogen and oxygen atoms in total. The van der Waals surface area contributed by atoms with Crippen LogP contribution in [-0.2, 0) is 26.7 Å². The van der Waals surface area contributed by atoms with Crippen molar-refractivity contribution >= 4 is 0 Å². The summed E-state index contributed by atoms with van der Waals surface area (Å²) in [5.41, 5.74) is 1.48. The molecule has 2 aromatic carbocycles. The predicted octanol–water partition coefficient (Wildman–Crippen LogP) is 5.31. The number of unbranched alkanes of at least 4 members (excludes halogenated alkanes) is 1. The van der Waals surface area contributed by atoms with Crippen LogP contribution in [0, 0.1) is 5.92 Å². The second-order valence-electron chi connectivity index (χ2n) is 9.10. The van der Waals surface area contributed by atoms with Crippen LogP contribution >= 0.6 is 0 Å². The maximum atomic E-state index is 6.39. The van der Waals surface area contributed by atoms with Gasteiger partial charge in [-0.1, -0.05) is 74.0 Å². The van der Waals surface area contributed by atoms with Crippen molar-refractivity contribution in [3.05, 3.63) is 90.5 Å². The van der Waals surface area contributed by atoms with Crippen molar-refractivity contribution < 1.29 is 14.5 Å². The van der Waals surface area contributed by atoms with Gasteiger partial charge < -0.3 is 14.6 Å². The Labute approximate surface area is 203 Å². The third-order valence-corrected chi connectivity index (χ3v) is 6.91. The summed E-state index contributed by atoms with van der Waals surface area (Å²) in [6.07, 6.45) is 10.3. The lowest BCUT2D eigenvalue weighted by Crippen LogP contribution is -2.56. The van der Waals surface area contributed by atoms with Crippen LogP contribution < -0.4 is 5.32 Å². The fourth-order valence-electron chi connectivity index (χ4n) is 4.94. The highest BCUT2D eigenvalue weighted by Gasteiger charge is 2.53. The van der Waals surface area contributed by atoms with Crippen LogP contribution in [-0.4, -0.2) is 35.5 Å². The molecular formula is C28H37N3O3. The highest BCUT2D eigenvalue weighted by Crippen LogP contribution is 2.49. The van der Waals surface area contributed by atoms with E-state index in [2.05, 4.69) is 70.3 Å². The Hall–Kier alpha value is -2.51. The molecule has 0 amide bonds. The van der Waals surface area contributed by atoms with Crippen LogP contribution in [0.25, 0.3) is 0 Å². The maximum absolute atomic E-state index is 6.39. The molecule has 0 aliphatic carbocycles. The van der Waals surface area contributed by atoms with Crippen LogP contribution in [0.2, 0.25) is 0 Å². The zero-order valence-corrected chi connectivity index (χ0v) is 20.4. The first-order valence-electron chi connectivity index (χ1n) is 12.4. The molecule has 0 radical (unpaired) electrons. The summed E-state index contributed by atoms with van der Waals surface area (Å²) in [5, 5.41) is 3.67. The Morgan fingerprint density at radius 1 is 1.03 bits per heavy atom. The molecule has 0 saturated carbocycles. The molecule has 0 bridgehead atoms. The van der Waals surface area contributed by atoms with Crippen molar-refractivity contribution in [1.82, 2.24) is 14.9 Å². The lowest BCUT2D eigenvalue weighted by Gasteiger charge is -2.49. The molecule has 3 aromatic rings. The Kier molecular flexibility index (Phi) is 8.51. The molecule has 1 aromatic heterocycles. The molecule has 1 aliphatic rings. The summed E-state index contributed by atoms with van der Waals surface area (Å²) in [6.45, 7) is 4.83. The topological polar surface area (TPSA) is 57.5 Å². The highest BCUT2D eigenvalue weighted by atomic mass is 17.2. The van der Waals surface area contributed by atoms with Gasteiger partial charge in [0.15, 0.2) is 5.60 Å². The molecule has 2 heterocycles. The normalized spacial score (nSPS) is 22.0. The van der Waals surface area contributed by atoms with Crippen molar-refractivity contribution in [2.75, 3.05) is 20.2 Å². The van der Waals surface area contributed by atoms with E-state index >= 15 is 0 Å². The van der Waals surface area contributed by atoms with Gasteiger partial charge in [0, 0.05) is 44.9 Å². The first kappa shape index (κ1) is 24.6. The molecule has 2 atom stereocenters. The van der Waals surface area contributed by atoms with E-state index in [4.69, 9.17) is 14.5 Å². The lowest BCUT2D eigenvalue weighted by atomic mass is 9.75. The van der Waals surface area contributed by atoms with Gasteiger partial charge >= 0.3 is 0 Å². The Bertz CT molecular complexity index is 926. The number of ether oxygens (including phenoxy) is 1. The molecule has 1 saturated heterocycles. The largest absolute Gasteiger partial charge is 0.350 e. The summed E-state index contributed by atoms with van der Waals surface area (Å²) in [4.78, 5) is 16.8. The number of methoxy groups -OCH3 is 1. The predicted molar refractivity (Wildman–Crippen MR) is 133 cm³/mol. The standard InChI is InChI=1S/C28H37N3O3/c1-3-4-16-28(32-2)26(22-29-17-11-19-31-20-18-30-23-31)21-27(33-34-28,24-12-7-5-8-13-24)25-14-9-6-10-15-25/h5-10,12-15,18,20,23,26,29H,3-4,11,16-17,19,21-22H2,1-2H3/t26-,28-/m0/s1. The van der Waals surface area contributed by atoms with Crippen LogP contribution in [0.5, 0.6) is 0 Å². The number of rotatable bonds is 12. The quantitative estimate of drug-likeness (QED) is 0.291. The van der Waals surface area contributed by atoms with Crippen molar-refractivity contribution in [2.45, 2.75) is 57.0 Å². The Balaban J connectivity index is 1.56. The van der Waals surface area contributed by atoms with E-state index in [1.54, 1.807) is 7.11 Å². The first-order chi connectivity index (χ1) is 16.7. The number of aromatic nitrogens is 2. The van der Waals surface area contributed by atoms with Gasteiger partial charge in [0.25, 0.3) is 0 Å². The molecule has 1 aliphatic heterocycles. The van der Waals surface area contributed by atoms with Crippen LogP contribution in [0.4, 0.5) is 0 Å². The minimum Gasteiger partial charge on any atom is -0.350 e. The highest BCUT2D eigenvalue weighted by molar-refractivity contribution is 5.37. The van der Waals surface area contributed by atoms with Crippen molar-refractivity contribution in [1.29, 1.82) is 0 Å². The summed E-state index contributed by atoms with van der Waals surface area (Å²) >= 11 is 0. The molecular weight excluding hydrogens is 426 g/mol. The third-order valence-electron chi connectivity index (χ3n) is 6.91. The average Bonchev–Trinajstić information content (AvgIpc) is 3.42. The molecule has 0 unspecified atom stereocenters. The number of nitrogens with zero attached hydrogens (tertiary/aromatic N) is 2. The summed E-state index contributed by atoms with van der Waals surface area (Å²) < 4.78 is 8.18. The number of hydrogen-bond donors (Lipinski definition) is 1. The van der Waals surface area contributed by atoms with Gasteiger partial charge in [0.1, 0.15) is 0 Å². The van der Waals surface area contributed by atoms with Gasteiger partial charge in [-0.15, -0.1) is 0 Å². The Morgan fingerprint density at radius 2 is 1.74 bits per heavy atom. The van der Waals surface area contributed by atoms with Crippen molar-refractivity contribution in [3.8, 4) is 0 Å². The van der Waals surface area contributed by atoms with E-state index in [1.165, 1.54) is 0 Å². The van der Waals surface area contributed by atoms with E-state index < -0.39 is 11.4 Å². The average molecular weight is 464 g/mol. The molecule has 34 heavy (non-hydrogen) atoms. The molecule has 182 valence electrons. The summed E-state index contributed by atoms with van der Waals surface area (Å²) in [7, 11) is 1.74. The van der Waals surface area contributed by atoms with E-state index in [0.717, 1.165) is 62.9 Å². The zero-order chi connectivity index (χ0) is 23.7. The van der Waals surface area contributed by atoms with Gasteiger partial charge in [-0.3, -0.25) is 0 Å². The fraction of sp³-hybridized carbons (Fsp3) is 0.464. The number of nitrogens with one attached hydrogen (secondary N) is 1. The van der Waals surface area contributed by atoms with Crippen LogP contribution in [0.1, 0.15) is 50.2 Å². The summed E-state index contributed by atoms with van der Waals surface area (Å²) in [5.74, 6) is -0.674. The SMILES string of the molecule is CCCC[C@]1(OC)OOC(c2ccccc2)(c2ccccc2)C[C@H]1CNCCCn1ccnc1. The summed E-state index contributed by atoms with van der Waals surface area (Å²) in [6, 6.07) is 20.8. The van der Waals surface area contributed by atoms with Gasteiger partial charge in [-0.25, -0.2) is 9.87 Å². The van der Waals surface area contributed by atoms with Crippen molar-refractivity contribution in [2.24, 2.45) is 5.92 Å². The van der Waals surface area contributed by atoms with Gasteiger partial charge in [0.2, 0.25) is 5.79 Å². The molecule has 6 heteroatoms. The lowest BCUT2D eigenvalue weighted by molar-refractivity contribution is -0.502. The Morgan fingerprint density at radius 3 is 2.32 bits per heavy atom. The minimum atomic E-state index is -0.777. The van der Waals surface area contributed by atoms with E-state index in [0.29, 0.717) is 0 Å². The second kappa shape index (κ2) is 11.8. The zero-order valence-electron chi connectivity index (χ0n) is 20.4.